The number of rotatable bonds is 5. The molecule has 2 unspecified atom stereocenters. The number of anilines is 1. The molecule has 2 rings (SSSR count). The minimum Gasteiger partial charge on any atom is -0.352 e. The second-order valence-corrected chi connectivity index (χ2v) is 6.94. The van der Waals surface area contributed by atoms with Crippen molar-refractivity contribution in [1.82, 2.24) is 10.2 Å². The normalized spacial score (nSPS) is 19.8. The largest absolute Gasteiger partial charge is 0.352 e. The second-order valence-electron chi connectivity index (χ2n) is 6.94. The van der Waals surface area contributed by atoms with Crippen molar-refractivity contribution in [2.45, 2.75) is 58.5 Å². The van der Waals surface area contributed by atoms with Gasteiger partial charge in [0.1, 0.15) is 0 Å². The van der Waals surface area contributed by atoms with E-state index in [9.17, 15) is 9.59 Å². The van der Waals surface area contributed by atoms with Crippen molar-refractivity contribution in [3.63, 3.8) is 0 Å². The summed E-state index contributed by atoms with van der Waals surface area (Å²) in [5, 5.41) is 6.04. The van der Waals surface area contributed by atoms with Crippen molar-refractivity contribution in [2.24, 2.45) is 0 Å². The molecule has 0 aromatic heterocycles. The average molecular weight is 331 g/mol. The third kappa shape index (κ3) is 4.81. The van der Waals surface area contributed by atoms with Crippen molar-refractivity contribution < 1.29 is 9.59 Å². The van der Waals surface area contributed by atoms with Crippen LogP contribution in [0.5, 0.6) is 0 Å². The van der Waals surface area contributed by atoms with Crippen LogP contribution >= 0.6 is 0 Å². The van der Waals surface area contributed by atoms with Gasteiger partial charge in [0.15, 0.2) is 0 Å². The number of nitrogens with one attached hydrogen (secondary N) is 2. The fourth-order valence-corrected chi connectivity index (χ4v) is 3.28. The number of nitrogens with zero attached hydrogens (tertiary/aromatic N) is 1. The van der Waals surface area contributed by atoms with Crippen LogP contribution in [0.4, 0.5) is 5.69 Å². The number of hydrogen-bond acceptors (Lipinski definition) is 3. The molecule has 0 radical (unpaired) electrons. The van der Waals surface area contributed by atoms with Crippen molar-refractivity contribution in [3.05, 3.63) is 29.8 Å². The van der Waals surface area contributed by atoms with E-state index in [1.165, 1.54) is 6.92 Å². The molecular weight excluding hydrogens is 302 g/mol. The van der Waals surface area contributed by atoms with Crippen molar-refractivity contribution in [3.8, 4) is 0 Å². The Morgan fingerprint density at radius 3 is 2.58 bits per heavy atom. The molecule has 1 aromatic carbocycles. The molecule has 2 atom stereocenters. The van der Waals surface area contributed by atoms with Crippen LogP contribution in [0, 0.1) is 0 Å². The highest BCUT2D eigenvalue weighted by molar-refractivity contribution is 5.95. The second kappa shape index (κ2) is 8.29. The van der Waals surface area contributed by atoms with E-state index in [0.717, 1.165) is 37.2 Å². The summed E-state index contributed by atoms with van der Waals surface area (Å²) < 4.78 is 0. The number of carbonyl (C=O) groups excluding carboxylic acids is 2. The summed E-state index contributed by atoms with van der Waals surface area (Å²) in [6.07, 6.45) is 1.96. The molecule has 132 valence electrons. The lowest BCUT2D eigenvalue weighted by atomic mass is 10.0. The third-order valence-electron chi connectivity index (χ3n) is 4.63. The first-order valence-corrected chi connectivity index (χ1v) is 8.79. The molecular formula is C19H29N3O2. The van der Waals surface area contributed by atoms with Gasteiger partial charge in [0, 0.05) is 25.2 Å². The molecule has 0 aliphatic carbocycles. The average Bonchev–Trinajstić information content (AvgIpc) is 2.54. The molecule has 0 saturated carbocycles. The fraction of sp³-hybridized carbons (Fsp3) is 0.579. The lowest BCUT2D eigenvalue weighted by Gasteiger charge is -2.36. The maximum Gasteiger partial charge on any atom is 0.241 e. The van der Waals surface area contributed by atoms with E-state index in [1.54, 1.807) is 0 Å². The van der Waals surface area contributed by atoms with Crippen LogP contribution in [0.3, 0.4) is 0 Å². The highest BCUT2D eigenvalue weighted by Gasteiger charge is 2.28. The van der Waals surface area contributed by atoms with Gasteiger partial charge in [0.25, 0.3) is 0 Å². The SMILES string of the molecule is CC(=O)NC1CCCN(C(C)C(=O)Nc2ccccc2C(C)C)C1. The maximum absolute atomic E-state index is 12.7. The van der Waals surface area contributed by atoms with Crippen LogP contribution in [-0.4, -0.2) is 41.9 Å². The molecule has 1 saturated heterocycles. The molecule has 1 fully saturated rings. The summed E-state index contributed by atoms with van der Waals surface area (Å²) in [4.78, 5) is 26.1. The molecule has 24 heavy (non-hydrogen) atoms. The summed E-state index contributed by atoms with van der Waals surface area (Å²) in [7, 11) is 0. The number of piperidine rings is 1. The molecule has 1 aromatic rings. The Bertz CT molecular complexity index is 586. The zero-order valence-electron chi connectivity index (χ0n) is 15.1. The van der Waals surface area contributed by atoms with Crippen LogP contribution in [0.15, 0.2) is 24.3 Å². The van der Waals surface area contributed by atoms with Crippen LogP contribution in [0.1, 0.15) is 52.0 Å². The van der Waals surface area contributed by atoms with Gasteiger partial charge < -0.3 is 10.6 Å². The Kier molecular flexibility index (Phi) is 6.37. The Morgan fingerprint density at radius 2 is 1.92 bits per heavy atom. The lowest BCUT2D eigenvalue weighted by molar-refractivity contribution is -0.121. The van der Waals surface area contributed by atoms with Gasteiger partial charge in [-0.3, -0.25) is 14.5 Å². The van der Waals surface area contributed by atoms with Crippen molar-refractivity contribution in [2.75, 3.05) is 18.4 Å². The van der Waals surface area contributed by atoms with E-state index >= 15 is 0 Å². The Labute approximate surface area is 144 Å². The minimum absolute atomic E-state index is 0.00609. The molecule has 1 aliphatic heterocycles. The lowest BCUT2D eigenvalue weighted by Crippen LogP contribution is -2.52. The first kappa shape index (κ1) is 18.5. The first-order valence-electron chi connectivity index (χ1n) is 8.79. The van der Waals surface area contributed by atoms with E-state index in [-0.39, 0.29) is 23.9 Å². The summed E-state index contributed by atoms with van der Waals surface area (Å²) >= 11 is 0. The Balaban J connectivity index is 2.00. The predicted molar refractivity (Wildman–Crippen MR) is 97.0 cm³/mol. The third-order valence-corrected chi connectivity index (χ3v) is 4.63. The molecule has 2 amide bonds. The van der Waals surface area contributed by atoms with E-state index in [2.05, 4.69) is 35.4 Å². The fourth-order valence-electron chi connectivity index (χ4n) is 3.28. The Hall–Kier alpha value is -1.88. The van der Waals surface area contributed by atoms with Gasteiger partial charge in [-0.1, -0.05) is 32.0 Å². The predicted octanol–water partition coefficient (Wildman–Crippen LogP) is 2.74. The zero-order chi connectivity index (χ0) is 17.7. The zero-order valence-corrected chi connectivity index (χ0v) is 15.1. The molecule has 5 nitrogen and oxygen atoms in total. The van der Waals surface area contributed by atoms with Crippen molar-refractivity contribution >= 4 is 17.5 Å². The first-order chi connectivity index (χ1) is 11.4. The highest BCUT2D eigenvalue weighted by atomic mass is 16.2. The molecule has 2 N–H and O–H groups in total. The van der Waals surface area contributed by atoms with E-state index < -0.39 is 0 Å². The number of hydrogen-bond donors (Lipinski definition) is 2. The summed E-state index contributed by atoms with van der Waals surface area (Å²) in [6, 6.07) is 7.86. The molecule has 5 heteroatoms. The molecule has 0 spiro atoms. The molecule has 1 aliphatic rings. The summed E-state index contributed by atoms with van der Waals surface area (Å²) in [6.45, 7) is 9.33. The summed E-state index contributed by atoms with van der Waals surface area (Å²) in [5.74, 6) is 0.354. The number of amides is 2. The monoisotopic (exact) mass is 331 g/mol. The highest BCUT2D eigenvalue weighted by Crippen LogP contribution is 2.24. The van der Waals surface area contributed by atoms with Gasteiger partial charge in [-0.15, -0.1) is 0 Å². The van der Waals surface area contributed by atoms with Gasteiger partial charge in [0.05, 0.1) is 6.04 Å². The van der Waals surface area contributed by atoms with Gasteiger partial charge in [-0.2, -0.15) is 0 Å². The van der Waals surface area contributed by atoms with E-state index in [1.807, 2.05) is 25.1 Å². The number of carbonyl (C=O) groups is 2. The maximum atomic E-state index is 12.7. The summed E-state index contributed by atoms with van der Waals surface area (Å²) in [5.41, 5.74) is 2.03. The Morgan fingerprint density at radius 1 is 1.21 bits per heavy atom. The van der Waals surface area contributed by atoms with Crippen LogP contribution in [0.2, 0.25) is 0 Å². The molecule has 1 heterocycles. The number of para-hydroxylation sites is 1. The van der Waals surface area contributed by atoms with E-state index in [0.29, 0.717) is 5.92 Å². The van der Waals surface area contributed by atoms with Crippen LogP contribution < -0.4 is 10.6 Å². The number of likely N-dealkylation sites (tertiary alicyclic amines) is 1. The van der Waals surface area contributed by atoms with Gasteiger partial charge >= 0.3 is 0 Å². The smallest absolute Gasteiger partial charge is 0.241 e. The van der Waals surface area contributed by atoms with Crippen molar-refractivity contribution in [1.29, 1.82) is 0 Å². The number of benzene rings is 1. The van der Waals surface area contributed by atoms with Gasteiger partial charge in [-0.05, 0) is 43.9 Å². The standard InChI is InChI=1S/C19H29N3O2/c1-13(2)17-9-5-6-10-18(17)21-19(24)14(3)22-11-7-8-16(12-22)20-15(4)23/h5-6,9-10,13-14,16H,7-8,11-12H2,1-4H3,(H,20,23)(H,21,24). The van der Waals surface area contributed by atoms with Crippen LogP contribution in [-0.2, 0) is 9.59 Å². The quantitative estimate of drug-likeness (QED) is 0.872. The van der Waals surface area contributed by atoms with E-state index in [4.69, 9.17) is 0 Å². The van der Waals surface area contributed by atoms with Crippen LogP contribution in [0.25, 0.3) is 0 Å². The van der Waals surface area contributed by atoms with Gasteiger partial charge in [0.2, 0.25) is 11.8 Å². The molecule has 0 bridgehead atoms. The van der Waals surface area contributed by atoms with Gasteiger partial charge in [-0.25, -0.2) is 0 Å². The minimum atomic E-state index is -0.221. The topological polar surface area (TPSA) is 61.4 Å².